The molecular formula is C16H29N3O3. The second-order valence-corrected chi connectivity index (χ2v) is 6.32. The van der Waals surface area contributed by atoms with Gasteiger partial charge in [-0.1, -0.05) is 13.3 Å². The van der Waals surface area contributed by atoms with Crippen LogP contribution in [0.3, 0.4) is 0 Å². The summed E-state index contributed by atoms with van der Waals surface area (Å²) in [7, 11) is 0. The molecule has 0 aliphatic carbocycles. The van der Waals surface area contributed by atoms with Gasteiger partial charge in [-0.3, -0.25) is 9.59 Å². The van der Waals surface area contributed by atoms with Crippen molar-refractivity contribution in [3.8, 4) is 0 Å². The number of morpholine rings is 1. The summed E-state index contributed by atoms with van der Waals surface area (Å²) in [4.78, 5) is 26.7. The van der Waals surface area contributed by atoms with E-state index in [2.05, 4.69) is 24.5 Å². The summed E-state index contributed by atoms with van der Waals surface area (Å²) >= 11 is 0. The summed E-state index contributed by atoms with van der Waals surface area (Å²) in [5, 5.41) is 6.17. The number of rotatable bonds is 5. The third-order valence-corrected chi connectivity index (χ3v) is 4.57. The monoisotopic (exact) mass is 311 g/mol. The fourth-order valence-corrected chi connectivity index (χ4v) is 3.07. The maximum atomic E-state index is 12.6. The molecule has 0 bridgehead atoms. The fraction of sp³-hybridized carbons (Fsp3) is 0.875. The molecule has 2 aliphatic rings. The van der Waals surface area contributed by atoms with E-state index in [1.165, 1.54) is 0 Å². The molecule has 0 spiro atoms. The predicted octanol–water partition coefficient (Wildman–Crippen LogP) is 0.518. The SMILES string of the molecule is CCCCNC(=O)C1CCC(C)N(C(=O)C2CNCCO2)C1. The van der Waals surface area contributed by atoms with Crippen molar-refractivity contribution in [3.05, 3.63) is 0 Å². The van der Waals surface area contributed by atoms with E-state index in [0.717, 1.165) is 38.8 Å². The lowest BCUT2D eigenvalue weighted by Crippen LogP contribution is -2.55. The van der Waals surface area contributed by atoms with E-state index >= 15 is 0 Å². The average molecular weight is 311 g/mol. The highest BCUT2D eigenvalue weighted by atomic mass is 16.5. The Hall–Kier alpha value is -1.14. The fourth-order valence-electron chi connectivity index (χ4n) is 3.07. The van der Waals surface area contributed by atoms with Gasteiger partial charge >= 0.3 is 0 Å². The van der Waals surface area contributed by atoms with E-state index in [1.54, 1.807) is 0 Å². The van der Waals surface area contributed by atoms with Crippen LogP contribution >= 0.6 is 0 Å². The molecule has 0 aromatic carbocycles. The van der Waals surface area contributed by atoms with Crippen LogP contribution in [0.2, 0.25) is 0 Å². The zero-order valence-corrected chi connectivity index (χ0v) is 13.8. The summed E-state index contributed by atoms with van der Waals surface area (Å²) in [6.07, 6.45) is 3.39. The molecule has 2 rings (SSSR count). The first-order valence-electron chi connectivity index (χ1n) is 8.54. The van der Waals surface area contributed by atoms with Gasteiger partial charge in [-0.2, -0.15) is 0 Å². The van der Waals surface area contributed by atoms with Crippen LogP contribution in [0, 0.1) is 5.92 Å². The third-order valence-electron chi connectivity index (χ3n) is 4.57. The minimum atomic E-state index is -0.405. The van der Waals surface area contributed by atoms with Crippen molar-refractivity contribution in [1.82, 2.24) is 15.5 Å². The summed E-state index contributed by atoms with van der Waals surface area (Å²) in [6.45, 7) is 7.33. The van der Waals surface area contributed by atoms with E-state index < -0.39 is 6.10 Å². The Labute approximate surface area is 132 Å². The van der Waals surface area contributed by atoms with Gasteiger partial charge in [0.15, 0.2) is 0 Å². The van der Waals surface area contributed by atoms with E-state index in [9.17, 15) is 9.59 Å². The van der Waals surface area contributed by atoms with Gasteiger partial charge in [0.05, 0.1) is 12.5 Å². The Morgan fingerprint density at radius 1 is 1.36 bits per heavy atom. The van der Waals surface area contributed by atoms with Crippen molar-refractivity contribution in [2.24, 2.45) is 5.92 Å². The number of hydrogen-bond donors (Lipinski definition) is 2. The van der Waals surface area contributed by atoms with Crippen LogP contribution in [-0.2, 0) is 14.3 Å². The molecule has 6 nitrogen and oxygen atoms in total. The first-order chi connectivity index (χ1) is 10.6. The molecule has 0 radical (unpaired) electrons. The lowest BCUT2D eigenvalue weighted by Gasteiger charge is -2.39. The number of piperidine rings is 1. The second kappa shape index (κ2) is 8.48. The Morgan fingerprint density at radius 3 is 2.86 bits per heavy atom. The van der Waals surface area contributed by atoms with E-state index in [-0.39, 0.29) is 23.8 Å². The van der Waals surface area contributed by atoms with Crippen LogP contribution in [0.4, 0.5) is 0 Å². The number of hydrogen-bond acceptors (Lipinski definition) is 4. The minimum Gasteiger partial charge on any atom is -0.366 e. The Morgan fingerprint density at radius 2 is 2.18 bits per heavy atom. The molecule has 0 aromatic heterocycles. The minimum absolute atomic E-state index is 0.0192. The second-order valence-electron chi connectivity index (χ2n) is 6.32. The lowest BCUT2D eigenvalue weighted by atomic mass is 9.92. The molecule has 0 saturated carbocycles. The zero-order valence-electron chi connectivity index (χ0n) is 13.8. The van der Waals surface area contributed by atoms with Gasteiger partial charge in [0.2, 0.25) is 5.91 Å². The van der Waals surface area contributed by atoms with Gasteiger partial charge in [-0.25, -0.2) is 0 Å². The lowest BCUT2D eigenvalue weighted by molar-refractivity contribution is -0.150. The Balaban J connectivity index is 1.89. The van der Waals surface area contributed by atoms with Gasteiger partial charge < -0.3 is 20.3 Å². The molecule has 2 saturated heterocycles. The van der Waals surface area contributed by atoms with Crippen molar-refractivity contribution in [3.63, 3.8) is 0 Å². The van der Waals surface area contributed by atoms with Crippen molar-refractivity contribution in [1.29, 1.82) is 0 Å². The predicted molar refractivity (Wildman–Crippen MR) is 84.4 cm³/mol. The quantitative estimate of drug-likeness (QED) is 0.726. The molecule has 2 aliphatic heterocycles. The summed E-state index contributed by atoms with van der Waals surface area (Å²) < 4.78 is 5.56. The molecular weight excluding hydrogens is 282 g/mol. The summed E-state index contributed by atoms with van der Waals surface area (Å²) in [6, 6.07) is 0.178. The molecule has 2 amide bonds. The maximum absolute atomic E-state index is 12.6. The molecule has 3 unspecified atom stereocenters. The largest absolute Gasteiger partial charge is 0.366 e. The number of nitrogens with zero attached hydrogens (tertiary/aromatic N) is 1. The normalized spacial score (nSPS) is 29.2. The Kier molecular flexibility index (Phi) is 6.64. The number of carbonyl (C=O) groups is 2. The van der Waals surface area contributed by atoms with Gasteiger partial charge in [0, 0.05) is 32.2 Å². The van der Waals surface area contributed by atoms with Crippen LogP contribution < -0.4 is 10.6 Å². The van der Waals surface area contributed by atoms with Gasteiger partial charge in [0.1, 0.15) is 6.10 Å². The van der Waals surface area contributed by atoms with Crippen LogP contribution in [0.15, 0.2) is 0 Å². The summed E-state index contributed by atoms with van der Waals surface area (Å²) in [5.74, 6) is 0.0140. The zero-order chi connectivity index (χ0) is 15.9. The molecule has 3 atom stereocenters. The highest BCUT2D eigenvalue weighted by Gasteiger charge is 2.36. The van der Waals surface area contributed by atoms with Crippen LogP contribution in [0.25, 0.3) is 0 Å². The van der Waals surface area contributed by atoms with Crippen molar-refractivity contribution < 1.29 is 14.3 Å². The maximum Gasteiger partial charge on any atom is 0.253 e. The summed E-state index contributed by atoms with van der Waals surface area (Å²) in [5.41, 5.74) is 0. The average Bonchev–Trinajstić information content (AvgIpc) is 2.55. The van der Waals surface area contributed by atoms with Gasteiger partial charge in [-0.15, -0.1) is 0 Å². The number of carbonyl (C=O) groups excluding carboxylic acids is 2. The number of nitrogens with one attached hydrogen (secondary N) is 2. The number of amides is 2. The molecule has 126 valence electrons. The first kappa shape index (κ1) is 17.2. The molecule has 6 heteroatoms. The molecule has 2 heterocycles. The van der Waals surface area contributed by atoms with E-state index in [1.807, 2.05) is 4.90 Å². The van der Waals surface area contributed by atoms with Gasteiger partial charge in [-0.05, 0) is 26.2 Å². The standard InChI is InChI=1S/C16H29N3O3/c1-3-4-7-18-15(20)13-6-5-12(2)19(11-13)16(21)14-10-17-8-9-22-14/h12-14,17H,3-11H2,1-2H3,(H,18,20). The van der Waals surface area contributed by atoms with Crippen LogP contribution in [-0.4, -0.2) is 61.6 Å². The number of unbranched alkanes of at least 4 members (excludes halogenated alkanes) is 1. The van der Waals surface area contributed by atoms with Gasteiger partial charge in [0.25, 0.3) is 5.91 Å². The molecule has 2 fully saturated rings. The molecule has 2 N–H and O–H groups in total. The highest BCUT2D eigenvalue weighted by Crippen LogP contribution is 2.23. The van der Waals surface area contributed by atoms with Crippen molar-refractivity contribution >= 4 is 11.8 Å². The first-order valence-corrected chi connectivity index (χ1v) is 8.54. The van der Waals surface area contributed by atoms with E-state index in [4.69, 9.17) is 4.74 Å². The number of likely N-dealkylation sites (tertiary alicyclic amines) is 1. The third kappa shape index (κ3) is 4.43. The van der Waals surface area contributed by atoms with Crippen molar-refractivity contribution in [2.45, 2.75) is 51.7 Å². The van der Waals surface area contributed by atoms with Crippen LogP contribution in [0.5, 0.6) is 0 Å². The smallest absolute Gasteiger partial charge is 0.253 e. The van der Waals surface area contributed by atoms with E-state index in [0.29, 0.717) is 19.7 Å². The van der Waals surface area contributed by atoms with Crippen molar-refractivity contribution in [2.75, 3.05) is 32.8 Å². The molecule has 0 aromatic rings. The topological polar surface area (TPSA) is 70.7 Å². The van der Waals surface area contributed by atoms with Crippen LogP contribution in [0.1, 0.15) is 39.5 Å². The highest BCUT2D eigenvalue weighted by molar-refractivity contribution is 5.84. The molecule has 22 heavy (non-hydrogen) atoms. The Bertz CT molecular complexity index is 383. The number of ether oxygens (including phenoxy) is 1.